The molecule has 18 heavy (non-hydrogen) atoms. The van der Waals surface area contributed by atoms with Gasteiger partial charge in [-0.2, -0.15) is 0 Å². The maximum Gasteiger partial charge on any atom is 0.144 e. The van der Waals surface area contributed by atoms with Crippen LogP contribution in [0.3, 0.4) is 0 Å². The first-order valence-corrected chi connectivity index (χ1v) is 5.74. The molecule has 1 heterocycles. The van der Waals surface area contributed by atoms with Crippen LogP contribution in [0.5, 0.6) is 5.75 Å². The number of rotatable bonds is 2. The number of anilines is 1. The van der Waals surface area contributed by atoms with Crippen LogP contribution in [0.1, 0.15) is 0 Å². The van der Waals surface area contributed by atoms with Crippen molar-refractivity contribution in [1.82, 2.24) is 9.97 Å². The van der Waals surface area contributed by atoms with Gasteiger partial charge in [-0.05, 0) is 24.3 Å². The molecule has 0 saturated carbocycles. The van der Waals surface area contributed by atoms with Gasteiger partial charge in [0.25, 0.3) is 0 Å². The first-order chi connectivity index (χ1) is 8.79. The smallest absolute Gasteiger partial charge is 0.144 e. The molecule has 2 aromatic carbocycles. The number of fused-ring (bicyclic) bond motifs is 1. The van der Waals surface area contributed by atoms with E-state index < -0.39 is 0 Å². The highest BCUT2D eigenvalue weighted by atomic mass is 16.3. The Balaban J connectivity index is 2.25. The van der Waals surface area contributed by atoms with Crippen molar-refractivity contribution in [3.05, 3.63) is 42.5 Å². The van der Waals surface area contributed by atoms with Gasteiger partial charge >= 0.3 is 0 Å². The van der Waals surface area contributed by atoms with E-state index in [0.717, 1.165) is 16.7 Å². The van der Waals surface area contributed by atoms with E-state index in [0.29, 0.717) is 11.4 Å². The minimum atomic E-state index is 0.209. The van der Waals surface area contributed by atoms with Crippen molar-refractivity contribution in [3.8, 4) is 17.1 Å². The van der Waals surface area contributed by atoms with Crippen molar-refractivity contribution in [2.75, 3.05) is 12.4 Å². The second-order valence-electron chi connectivity index (χ2n) is 4.05. The van der Waals surface area contributed by atoms with Gasteiger partial charge in [0.05, 0.1) is 16.6 Å². The Morgan fingerprint density at radius 2 is 1.94 bits per heavy atom. The highest BCUT2D eigenvalue weighted by Gasteiger charge is 2.13. The lowest BCUT2D eigenvalue weighted by molar-refractivity contribution is 0.477. The average Bonchev–Trinajstić information content (AvgIpc) is 2.81. The summed E-state index contributed by atoms with van der Waals surface area (Å²) in [4.78, 5) is 7.71. The van der Waals surface area contributed by atoms with E-state index in [-0.39, 0.29) is 5.75 Å². The summed E-state index contributed by atoms with van der Waals surface area (Å²) < 4.78 is 0. The molecule has 3 N–H and O–H groups in total. The van der Waals surface area contributed by atoms with Crippen molar-refractivity contribution >= 4 is 16.7 Å². The number of para-hydroxylation sites is 2. The van der Waals surface area contributed by atoms with Crippen LogP contribution in [0.25, 0.3) is 22.4 Å². The molecular formula is C14H13N3O. The van der Waals surface area contributed by atoms with Crippen LogP contribution in [0.4, 0.5) is 5.69 Å². The summed E-state index contributed by atoms with van der Waals surface area (Å²) in [6.45, 7) is 0. The molecule has 0 saturated heterocycles. The number of aromatic hydroxyl groups is 1. The molecule has 0 fully saturated rings. The lowest BCUT2D eigenvalue weighted by Gasteiger charge is -2.08. The summed E-state index contributed by atoms with van der Waals surface area (Å²) in [6, 6.07) is 13.2. The Kier molecular flexibility index (Phi) is 2.41. The summed E-state index contributed by atoms with van der Waals surface area (Å²) in [5.41, 5.74) is 3.38. The summed E-state index contributed by atoms with van der Waals surface area (Å²) in [6.07, 6.45) is 0. The van der Waals surface area contributed by atoms with Crippen LogP contribution >= 0.6 is 0 Å². The quantitative estimate of drug-likeness (QED) is 0.644. The lowest BCUT2D eigenvalue weighted by Crippen LogP contribution is -1.93. The first-order valence-electron chi connectivity index (χ1n) is 5.74. The summed E-state index contributed by atoms with van der Waals surface area (Å²) in [7, 11) is 1.82. The van der Waals surface area contributed by atoms with E-state index in [1.807, 2.05) is 37.4 Å². The number of imidazole rings is 1. The zero-order valence-electron chi connectivity index (χ0n) is 9.94. The zero-order chi connectivity index (χ0) is 12.5. The SMILES string of the molecule is CNc1cccc(O)c1-c1nc2ccccc2[nH]1. The second-order valence-corrected chi connectivity index (χ2v) is 4.05. The van der Waals surface area contributed by atoms with Crippen LogP contribution in [0, 0.1) is 0 Å². The van der Waals surface area contributed by atoms with Gasteiger partial charge in [-0.25, -0.2) is 4.98 Å². The van der Waals surface area contributed by atoms with E-state index in [4.69, 9.17) is 0 Å². The number of aromatic nitrogens is 2. The third-order valence-corrected chi connectivity index (χ3v) is 2.94. The molecule has 0 bridgehead atoms. The molecule has 0 aliphatic carbocycles. The van der Waals surface area contributed by atoms with Crippen LogP contribution in [0.2, 0.25) is 0 Å². The normalized spacial score (nSPS) is 10.7. The van der Waals surface area contributed by atoms with Gasteiger partial charge < -0.3 is 15.4 Å². The maximum absolute atomic E-state index is 10.0. The number of phenolic OH excluding ortho intramolecular Hbond substituents is 1. The number of H-pyrrole nitrogens is 1. The molecule has 0 atom stereocenters. The minimum Gasteiger partial charge on any atom is -0.507 e. The standard InChI is InChI=1S/C14H13N3O/c1-15-11-7-4-8-12(18)13(11)14-16-9-5-2-3-6-10(9)17-14/h2-8,15,18H,1H3,(H,16,17). The van der Waals surface area contributed by atoms with Crippen LogP contribution in [-0.4, -0.2) is 22.1 Å². The third kappa shape index (κ3) is 1.59. The summed E-state index contributed by atoms with van der Waals surface area (Å²) >= 11 is 0. The fourth-order valence-corrected chi connectivity index (χ4v) is 2.07. The molecule has 1 aromatic heterocycles. The molecule has 0 radical (unpaired) electrons. The van der Waals surface area contributed by atoms with Crippen LogP contribution in [0.15, 0.2) is 42.5 Å². The Bertz CT molecular complexity index is 670. The molecule has 0 unspecified atom stereocenters. The van der Waals surface area contributed by atoms with Gasteiger partial charge in [0.15, 0.2) is 0 Å². The molecule has 4 heteroatoms. The van der Waals surface area contributed by atoms with Crippen molar-refractivity contribution < 1.29 is 5.11 Å². The number of hydrogen-bond donors (Lipinski definition) is 3. The molecule has 3 aromatic rings. The Labute approximate surface area is 104 Å². The van der Waals surface area contributed by atoms with E-state index >= 15 is 0 Å². The topological polar surface area (TPSA) is 60.9 Å². The van der Waals surface area contributed by atoms with Crippen molar-refractivity contribution in [1.29, 1.82) is 0 Å². The van der Waals surface area contributed by atoms with E-state index in [2.05, 4.69) is 15.3 Å². The lowest BCUT2D eigenvalue weighted by atomic mass is 10.1. The van der Waals surface area contributed by atoms with E-state index in [1.165, 1.54) is 0 Å². The molecule has 0 spiro atoms. The molecule has 3 rings (SSSR count). The maximum atomic E-state index is 10.0. The number of phenols is 1. The van der Waals surface area contributed by atoms with Gasteiger partial charge in [-0.1, -0.05) is 18.2 Å². The zero-order valence-corrected chi connectivity index (χ0v) is 9.94. The summed E-state index contributed by atoms with van der Waals surface area (Å²) in [5, 5.41) is 13.1. The molecule has 90 valence electrons. The molecule has 0 aliphatic rings. The molecule has 0 amide bonds. The number of nitrogens with zero attached hydrogens (tertiary/aromatic N) is 1. The predicted molar refractivity (Wildman–Crippen MR) is 72.7 cm³/mol. The first kappa shape index (κ1) is 10.7. The van der Waals surface area contributed by atoms with Crippen molar-refractivity contribution in [2.24, 2.45) is 0 Å². The Morgan fingerprint density at radius 1 is 1.11 bits per heavy atom. The second kappa shape index (κ2) is 4.07. The minimum absolute atomic E-state index is 0.209. The Hall–Kier alpha value is -2.49. The highest BCUT2D eigenvalue weighted by Crippen LogP contribution is 2.34. The van der Waals surface area contributed by atoms with Gasteiger partial charge in [-0.15, -0.1) is 0 Å². The van der Waals surface area contributed by atoms with Gasteiger partial charge in [0.2, 0.25) is 0 Å². The fraction of sp³-hybridized carbons (Fsp3) is 0.0714. The monoisotopic (exact) mass is 239 g/mol. The van der Waals surface area contributed by atoms with E-state index in [9.17, 15) is 5.11 Å². The molecule has 4 nitrogen and oxygen atoms in total. The number of nitrogens with one attached hydrogen (secondary N) is 2. The summed E-state index contributed by atoms with van der Waals surface area (Å²) in [5.74, 6) is 0.875. The predicted octanol–water partition coefficient (Wildman–Crippen LogP) is 2.98. The van der Waals surface area contributed by atoms with Gasteiger partial charge in [0.1, 0.15) is 11.6 Å². The number of hydrogen-bond acceptors (Lipinski definition) is 3. The fourth-order valence-electron chi connectivity index (χ4n) is 2.07. The highest BCUT2D eigenvalue weighted by molar-refractivity contribution is 5.85. The average molecular weight is 239 g/mol. The van der Waals surface area contributed by atoms with Crippen molar-refractivity contribution in [3.63, 3.8) is 0 Å². The van der Waals surface area contributed by atoms with Crippen LogP contribution < -0.4 is 5.32 Å². The number of benzene rings is 2. The van der Waals surface area contributed by atoms with Crippen LogP contribution in [-0.2, 0) is 0 Å². The third-order valence-electron chi connectivity index (χ3n) is 2.94. The molecular weight excluding hydrogens is 226 g/mol. The number of aromatic amines is 1. The van der Waals surface area contributed by atoms with Gasteiger partial charge in [-0.3, -0.25) is 0 Å². The Morgan fingerprint density at radius 3 is 2.72 bits per heavy atom. The van der Waals surface area contributed by atoms with E-state index in [1.54, 1.807) is 12.1 Å². The largest absolute Gasteiger partial charge is 0.507 e. The van der Waals surface area contributed by atoms with Gasteiger partial charge in [0, 0.05) is 12.7 Å². The van der Waals surface area contributed by atoms with Crippen molar-refractivity contribution in [2.45, 2.75) is 0 Å². The molecule has 0 aliphatic heterocycles.